The van der Waals surface area contributed by atoms with Crippen molar-refractivity contribution in [2.75, 3.05) is 13.7 Å². The van der Waals surface area contributed by atoms with Gasteiger partial charge in [0.2, 0.25) is 0 Å². The molecule has 0 spiro atoms. The van der Waals surface area contributed by atoms with Crippen LogP contribution in [0.5, 0.6) is 5.75 Å². The summed E-state index contributed by atoms with van der Waals surface area (Å²) in [6, 6.07) is 8.43. The molecule has 0 aliphatic heterocycles. The molecule has 0 heterocycles. The number of hydrogen-bond acceptors (Lipinski definition) is 4. The lowest BCUT2D eigenvalue weighted by atomic mass is 9.96. The van der Waals surface area contributed by atoms with E-state index >= 15 is 0 Å². The first-order chi connectivity index (χ1) is 10.0. The molecule has 1 unspecified atom stereocenters. The molecule has 1 aliphatic carbocycles. The quantitative estimate of drug-likeness (QED) is 0.591. The standard InChI is InChI=1S/C17H25NO3/c1-13-7-4-5-8-15(13)21-12-6-11-17(2,16(19)20-3)18-14-9-10-14/h4-5,7-8,14,18H,6,9-12H2,1-3H3. The van der Waals surface area contributed by atoms with Crippen molar-refractivity contribution in [1.82, 2.24) is 5.32 Å². The van der Waals surface area contributed by atoms with Crippen LogP contribution >= 0.6 is 0 Å². The molecule has 116 valence electrons. The fourth-order valence-electron chi connectivity index (χ4n) is 2.46. The van der Waals surface area contributed by atoms with Crippen LogP contribution in [0.15, 0.2) is 24.3 Å². The normalized spacial score (nSPS) is 17.1. The van der Waals surface area contributed by atoms with E-state index in [0.29, 0.717) is 19.1 Å². The number of para-hydroxylation sites is 1. The van der Waals surface area contributed by atoms with E-state index < -0.39 is 5.54 Å². The summed E-state index contributed by atoms with van der Waals surface area (Å²) in [6.45, 7) is 4.55. The minimum absolute atomic E-state index is 0.190. The molecule has 1 N–H and O–H groups in total. The lowest BCUT2D eigenvalue weighted by Gasteiger charge is -2.28. The maximum absolute atomic E-state index is 12.0. The van der Waals surface area contributed by atoms with Crippen molar-refractivity contribution in [3.05, 3.63) is 29.8 Å². The van der Waals surface area contributed by atoms with E-state index in [1.165, 1.54) is 7.11 Å². The maximum atomic E-state index is 12.0. The fraction of sp³-hybridized carbons (Fsp3) is 0.588. The molecular weight excluding hydrogens is 266 g/mol. The summed E-state index contributed by atoms with van der Waals surface area (Å²) in [4.78, 5) is 12.0. The van der Waals surface area contributed by atoms with Gasteiger partial charge in [-0.2, -0.15) is 0 Å². The van der Waals surface area contributed by atoms with Gasteiger partial charge in [0.1, 0.15) is 11.3 Å². The Bertz CT molecular complexity index is 485. The second-order valence-electron chi connectivity index (χ2n) is 5.96. The van der Waals surface area contributed by atoms with Gasteiger partial charge in [-0.3, -0.25) is 10.1 Å². The number of carbonyl (C=O) groups is 1. The van der Waals surface area contributed by atoms with Crippen LogP contribution in [0, 0.1) is 6.92 Å². The van der Waals surface area contributed by atoms with Gasteiger partial charge in [-0.05, 0) is 51.2 Å². The Kier molecular flexibility index (Phi) is 5.23. The van der Waals surface area contributed by atoms with Crippen LogP contribution in [0.25, 0.3) is 0 Å². The Morgan fingerprint density at radius 3 is 2.71 bits per heavy atom. The number of nitrogens with one attached hydrogen (secondary N) is 1. The van der Waals surface area contributed by atoms with Gasteiger partial charge in [0.25, 0.3) is 0 Å². The molecule has 1 aromatic carbocycles. The minimum atomic E-state index is -0.606. The summed E-state index contributed by atoms with van der Waals surface area (Å²) in [5, 5.41) is 3.40. The van der Waals surface area contributed by atoms with Crippen LogP contribution < -0.4 is 10.1 Å². The van der Waals surface area contributed by atoms with Crippen LogP contribution in [0.1, 0.15) is 38.2 Å². The fourth-order valence-corrected chi connectivity index (χ4v) is 2.46. The second-order valence-corrected chi connectivity index (χ2v) is 5.96. The molecule has 4 heteroatoms. The SMILES string of the molecule is COC(=O)C(C)(CCCOc1ccccc1C)NC1CC1. The zero-order chi connectivity index (χ0) is 15.3. The predicted molar refractivity (Wildman–Crippen MR) is 82.5 cm³/mol. The highest BCUT2D eigenvalue weighted by Gasteiger charge is 2.38. The van der Waals surface area contributed by atoms with Gasteiger partial charge in [-0.15, -0.1) is 0 Å². The largest absolute Gasteiger partial charge is 0.493 e. The Morgan fingerprint density at radius 1 is 1.38 bits per heavy atom. The van der Waals surface area contributed by atoms with Crippen LogP contribution in [0.2, 0.25) is 0 Å². The average molecular weight is 291 g/mol. The van der Waals surface area contributed by atoms with E-state index in [9.17, 15) is 4.79 Å². The summed E-state index contributed by atoms with van der Waals surface area (Å²) in [5.41, 5.74) is 0.523. The highest BCUT2D eigenvalue weighted by Crippen LogP contribution is 2.26. The molecule has 0 amide bonds. The van der Waals surface area contributed by atoms with Gasteiger partial charge < -0.3 is 9.47 Å². The highest BCUT2D eigenvalue weighted by atomic mass is 16.5. The van der Waals surface area contributed by atoms with Gasteiger partial charge in [0.05, 0.1) is 13.7 Å². The molecule has 1 saturated carbocycles. The predicted octanol–water partition coefficient (Wildman–Crippen LogP) is 2.84. The molecule has 0 saturated heterocycles. The van der Waals surface area contributed by atoms with E-state index in [2.05, 4.69) is 5.32 Å². The molecule has 0 radical (unpaired) electrons. The molecule has 2 rings (SSSR count). The Morgan fingerprint density at radius 2 is 2.10 bits per heavy atom. The van der Waals surface area contributed by atoms with Crippen molar-refractivity contribution in [3.63, 3.8) is 0 Å². The molecule has 1 fully saturated rings. The van der Waals surface area contributed by atoms with Gasteiger partial charge >= 0.3 is 5.97 Å². The number of esters is 1. The van der Waals surface area contributed by atoms with E-state index in [-0.39, 0.29) is 5.97 Å². The molecule has 0 bridgehead atoms. The number of benzene rings is 1. The third-order valence-electron chi connectivity index (χ3n) is 3.91. The number of carbonyl (C=O) groups excluding carboxylic acids is 1. The van der Waals surface area contributed by atoms with Crippen LogP contribution in [-0.4, -0.2) is 31.3 Å². The zero-order valence-electron chi connectivity index (χ0n) is 13.1. The molecule has 0 aromatic heterocycles. The Balaban J connectivity index is 1.81. The highest BCUT2D eigenvalue weighted by molar-refractivity contribution is 5.80. The van der Waals surface area contributed by atoms with Crippen molar-refractivity contribution in [2.45, 2.75) is 51.1 Å². The Labute approximate surface area is 126 Å². The number of ether oxygens (including phenoxy) is 2. The van der Waals surface area contributed by atoms with Gasteiger partial charge in [0.15, 0.2) is 0 Å². The summed E-state index contributed by atoms with van der Waals surface area (Å²) < 4.78 is 10.7. The van der Waals surface area contributed by atoms with Gasteiger partial charge in [-0.1, -0.05) is 18.2 Å². The topological polar surface area (TPSA) is 47.6 Å². The maximum Gasteiger partial charge on any atom is 0.325 e. The number of rotatable bonds is 8. The number of aryl methyl sites for hydroxylation is 1. The van der Waals surface area contributed by atoms with E-state index in [1.54, 1.807) is 0 Å². The van der Waals surface area contributed by atoms with Crippen molar-refractivity contribution in [2.24, 2.45) is 0 Å². The summed E-state index contributed by atoms with van der Waals surface area (Å²) in [6.07, 6.45) is 3.81. The van der Waals surface area contributed by atoms with Crippen LogP contribution in [0.4, 0.5) is 0 Å². The third kappa shape index (κ3) is 4.46. The zero-order valence-corrected chi connectivity index (χ0v) is 13.1. The molecule has 1 atom stereocenters. The second kappa shape index (κ2) is 6.94. The van der Waals surface area contributed by atoms with E-state index in [0.717, 1.165) is 30.6 Å². The monoisotopic (exact) mass is 291 g/mol. The molecular formula is C17H25NO3. The smallest absolute Gasteiger partial charge is 0.325 e. The van der Waals surface area contributed by atoms with Crippen molar-refractivity contribution in [3.8, 4) is 5.75 Å². The molecule has 1 aromatic rings. The number of methoxy groups -OCH3 is 1. The Hall–Kier alpha value is -1.55. The van der Waals surface area contributed by atoms with Crippen LogP contribution in [-0.2, 0) is 9.53 Å². The molecule has 4 nitrogen and oxygen atoms in total. The lowest BCUT2D eigenvalue weighted by Crippen LogP contribution is -2.51. The third-order valence-corrected chi connectivity index (χ3v) is 3.91. The minimum Gasteiger partial charge on any atom is -0.493 e. The lowest BCUT2D eigenvalue weighted by molar-refractivity contribution is -0.148. The van der Waals surface area contributed by atoms with Crippen molar-refractivity contribution >= 4 is 5.97 Å². The number of hydrogen-bond donors (Lipinski definition) is 1. The van der Waals surface area contributed by atoms with Gasteiger partial charge in [-0.25, -0.2) is 0 Å². The van der Waals surface area contributed by atoms with Crippen molar-refractivity contribution in [1.29, 1.82) is 0 Å². The van der Waals surface area contributed by atoms with Gasteiger partial charge in [0, 0.05) is 6.04 Å². The first kappa shape index (κ1) is 15.8. The average Bonchev–Trinajstić information content (AvgIpc) is 3.28. The molecule has 21 heavy (non-hydrogen) atoms. The van der Waals surface area contributed by atoms with Crippen LogP contribution in [0.3, 0.4) is 0 Å². The van der Waals surface area contributed by atoms with Crippen molar-refractivity contribution < 1.29 is 14.3 Å². The first-order valence-corrected chi connectivity index (χ1v) is 7.60. The van der Waals surface area contributed by atoms with E-state index in [4.69, 9.17) is 9.47 Å². The van der Waals surface area contributed by atoms with E-state index in [1.807, 2.05) is 38.1 Å². The summed E-state index contributed by atoms with van der Waals surface area (Å²) >= 11 is 0. The first-order valence-electron chi connectivity index (χ1n) is 7.60. The molecule has 1 aliphatic rings. The summed E-state index contributed by atoms with van der Waals surface area (Å²) in [5.74, 6) is 0.720. The summed E-state index contributed by atoms with van der Waals surface area (Å²) in [7, 11) is 1.44.